The lowest BCUT2D eigenvalue weighted by molar-refractivity contribution is -0.126. The van der Waals surface area contributed by atoms with Crippen molar-refractivity contribution < 1.29 is 4.79 Å². The van der Waals surface area contributed by atoms with E-state index in [4.69, 9.17) is 5.73 Å². The minimum absolute atomic E-state index is 0.0808. The number of nitrogens with two attached hydrogens (primary N) is 1. The van der Waals surface area contributed by atoms with Crippen LogP contribution in [-0.2, 0) is 4.79 Å². The lowest BCUT2D eigenvalue weighted by Gasteiger charge is -2.23. The monoisotopic (exact) mass is 255 g/mol. The van der Waals surface area contributed by atoms with Crippen LogP contribution in [0.15, 0.2) is 11.6 Å². The maximum atomic E-state index is 11.9. The first kappa shape index (κ1) is 14.1. The molecular weight excluding hydrogens is 234 g/mol. The molecule has 1 rings (SSSR count). The quantitative estimate of drug-likeness (QED) is 0.815. The van der Waals surface area contributed by atoms with Gasteiger partial charge in [-0.2, -0.15) is 0 Å². The molecule has 0 fully saturated rings. The first-order chi connectivity index (χ1) is 7.97. The van der Waals surface area contributed by atoms with Gasteiger partial charge in [-0.3, -0.25) is 4.79 Å². The fourth-order valence-corrected chi connectivity index (χ4v) is 2.34. The van der Waals surface area contributed by atoms with Gasteiger partial charge in [0.05, 0.1) is 10.5 Å². The average Bonchev–Trinajstić information content (AvgIpc) is 2.78. The standard InChI is InChI=1S/C12H21N3OS/c1-4-5-12(3,13)11(16)15-8-9(2)10-14-6-7-17-10/h6-7,9H,4-5,8,13H2,1-3H3,(H,15,16). The van der Waals surface area contributed by atoms with Crippen molar-refractivity contribution in [2.45, 2.75) is 45.1 Å². The molecule has 1 heterocycles. The van der Waals surface area contributed by atoms with Crippen molar-refractivity contribution in [3.05, 3.63) is 16.6 Å². The molecule has 1 aromatic rings. The molecule has 0 aromatic carbocycles. The number of nitrogens with one attached hydrogen (secondary N) is 1. The molecule has 0 bridgehead atoms. The summed E-state index contributed by atoms with van der Waals surface area (Å²) in [5.74, 6) is 0.152. The zero-order valence-corrected chi connectivity index (χ0v) is 11.5. The Morgan fingerprint density at radius 3 is 2.94 bits per heavy atom. The van der Waals surface area contributed by atoms with Crippen molar-refractivity contribution >= 4 is 17.2 Å². The van der Waals surface area contributed by atoms with Gasteiger partial charge < -0.3 is 11.1 Å². The van der Waals surface area contributed by atoms with Crippen molar-refractivity contribution in [1.82, 2.24) is 10.3 Å². The highest BCUT2D eigenvalue weighted by Gasteiger charge is 2.27. The number of carbonyl (C=O) groups excluding carboxylic acids is 1. The van der Waals surface area contributed by atoms with Crippen LogP contribution in [0.5, 0.6) is 0 Å². The van der Waals surface area contributed by atoms with Gasteiger partial charge in [-0.1, -0.05) is 20.3 Å². The summed E-state index contributed by atoms with van der Waals surface area (Å²) in [5, 5.41) is 5.88. The Labute approximate surface area is 107 Å². The van der Waals surface area contributed by atoms with E-state index in [0.717, 1.165) is 11.4 Å². The Morgan fingerprint density at radius 2 is 2.41 bits per heavy atom. The summed E-state index contributed by atoms with van der Waals surface area (Å²) in [4.78, 5) is 16.1. The van der Waals surface area contributed by atoms with Crippen molar-refractivity contribution in [2.24, 2.45) is 5.73 Å². The van der Waals surface area contributed by atoms with E-state index in [1.807, 2.05) is 19.2 Å². The van der Waals surface area contributed by atoms with E-state index in [9.17, 15) is 4.79 Å². The molecule has 0 aliphatic heterocycles. The number of hydrogen-bond acceptors (Lipinski definition) is 4. The highest BCUT2D eigenvalue weighted by molar-refractivity contribution is 7.09. The minimum atomic E-state index is -0.767. The molecule has 2 unspecified atom stereocenters. The number of nitrogens with zero attached hydrogens (tertiary/aromatic N) is 1. The first-order valence-electron chi connectivity index (χ1n) is 5.94. The average molecular weight is 255 g/mol. The Balaban J connectivity index is 2.43. The molecule has 1 aromatic heterocycles. The van der Waals surface area contributed by atoms with Gasteiger partial charge in [-0.25, -0.2) is 4.98 Å². The number of carbonyl (C=O) groups is 1. The summed E-state index contributed by atoms with van der Waals surface area (Å²) in [7, 11) is 0. The number of hydrogen-bond donors (Lipinski definition) is 2. The van der Waals surface area contributed by atoms with Gasteiger partial charge in [0.15, 0.2) is 0 Å². The smallest absolute Gasteiger partial charge is 0.239 e. The van der Waals surface area contributed by atoms with E-state index in [1.54, 1.807) is 24.5 Å². The third-order valence-electron chi connectivity index (χ3n) is 2.73. The predicted octanol–water partition coefficient (Wildman–Crippen LogP) is 1.88. The van der Waals surface area contributed by atoms with E-state index < -0.39 is 5.54 Å². The van der Waals surface area contributed by atoms with Crippen molar-refractivity contribution in [1.29, 1.82) is 0 Å². The third kappa shape index (κ3) is 4.09. The fraction of sp³-hybridized carbons (Fsp3) is 0.667. The maximum Gasteiger partial charge on any atom is 0.239 e. The van der Waals surface area contributed by atoms with Gasteiger partial charge in [-0.15, -0.1) is 11.3 Å². The van der Waals surface area contributed by atoms with Gasteiger partial charge in [0.2, 0.25) is 5.91 Å². The molecule has 17 heavy (non-hydrogen) atoms. The molecule has 4 nitrogen and oxygen atoms in total. The van der Waals surface area contributed by atoms with Crippen molar-refractivity contribution in [2.75, 3.05) is 6.54 Å². The highest BCUT2D eigenvalue weighted by atomic mass is 32.1. The second kappa shape index (κ2) is 6.12. The molecule has 3 N–H and O–H groups in total. The fourth-order valence-electron chi connectivity index (χ4n) is 1.65. The van der Waals surface area contributed by atoms with Gasteiger partial charge in [0.25, 0.3) is 0 Å². The lowest BCUT2D eigenvalue weighted by atomic mass is 9.96. The van der Waals surface area contributed by atoms with E-state index in [0.29, 0.717) is 13.0 Å². The molecule has 5 heteroatoms. The maximum absolute atomic E-state index is 11.9. The summed E-state index contributed by atoms with van der Waals surface area (Å²) >= 11 is 1.61. The minimum Gasteiger partial charge on any atom is -0.354 e. The third-order valence-corrected chi connectivity index (χ3v) is 3.74. The summed E-state index contributed by atoms with van der Waals surface area (Å²) in [5.41, 5.74) is 5.18. The topological polar surface area (TPSA) is 68.0 Å². The molecule has 0 saturated carbocycles. The van der Waals surface area contributed by atoms with Crippen LogP contribution in [0.1, 0.15) is 44.5 Å². The number of thiazole rings is 1. The van der Waals surface area contributed by atoms with E-state index >= 15 is 0 Å². The molecular formula is C12H21N3OS. The Hall–Kier alpha value is -0.940. The van der Waals surface area contributed by atoms with Crippen LogP contribution in [-0.4, -0.2) is 23.0 Å². The SMILES string of the molecule is CCCC(C)(N)C(=O)NCC(C)c1nccs1. The molecule has 1 amide bonds. The summed E-state index contributed by atoms with van der Waals surface area (Å²) in [6.07, 6.45) is 3.38. The highest BCUT2D eigenvalue weighted by Crippen LogP contribution is 2.17. The molecule has 0 saturated heterocycles. The van der Waals surface area contributed by atoms with E-state index in [-0.39, 0.29) is 11.8 Å². The number of rotatable bonds is 6. The van der Waals surface area contributed by atoms with E-state index in [2.05, 4.69) is 10.3 Å². The second-order valence-electron chi connectivity index (χ2n) is 4.65. The van der Waals surface area contributed by atoms with Crippen LogP contribution in [0, 0.1) is 0 Å². The Morgan fingerprint density at radius 1 is 1.71 bits per heavy atom. The molecule has 0 aliphatic carbocycles. The van der Waals surface area contributed by atoms with Crippen LogP contribution >= 0.6 is 11.3 Å². The largest absolute Gasteiger partial charge is 0.354 e. The summed E-state index contributed by atoms with van der Waals surface area (Å²) < 4.78 is 0. The molecule has 0 aliphatic rings. The lowest BCUT2D eigenvalue weighted by Crippen LogP contribution is -2.52. The number of amides is 1. The zero-order valence-electron chi connectivity index (χ0n) is 10.7. The van der Waals surface area contributed by atoms with Crippen LogP contribution in [0.2, 0.25) is 0 Å². The van der Waals surface area contributed by atoms with Crippen LogP contribution in [0.4, 0.5) is 0 Å². The molecule has 0 radical (unpaired) electrons. The van der Waals surface area contributed by atoms with Crippen molar-refractivity contribution in [3.63, 3.8) is 0 Å². The Bertz CT molecular complexity index is 349. The molecule has 2 atom stereocenters. The Kier molecular flexibility index (Phi) is 5.08. The van der Waals surface area contributed by atoms with Gasteiger partial charge in [-0.05, 0) is 13.3 Å². The summed E-state index contributed by atoms with van der Waals surface area (Å²) in [6.45, 7) is 6.44. The van der Waals surface area contributed by atoms with Crippen molar-refractivity contribution in [3.8, 4) is 0 Å². The van der Waals surface area contributed by atoms with E-state index in [1.165, 1.54) is 0 Å². The van der Waals surface area contributed by atoms with Gasteiger partial charge in [0.1, 0.15) is 0 Å². The number of aromatic nitrogens is 1. The predicted molar refractivity (Wildman–Crippen MR) is 71.0 cm³/mol. The summed E-state index contributed by atoms with van der Waals surface area (Å²) in [6, 6.07) is 0. The molecule has 96 valence electrons. The van der Waals surface area contributed by atoms with Gasteiger partial charge in [0, 0.05) is 24.0 Å². The van der Waals surface area contributed by atoms with Crippen LogP contribution in [0.25, 0.3) is 0 Å². The zero-order chi connectivity index (χ0) is 12.9. The van der Waals surface area contributed by atoms with Gasteiger partial charge >= 0.3 is 0 Å². The molecule has 0 spiro atoms. The first-order valence-corrected chi connectivity index (χ1v) is 6.82. The van der Waals surface area contributed by atoms with Crippen LogP contribution < -0.4 is 11.1 Å². The second-order valence-corrected chi connectivity index (χ2v) is 5.58. The van der Waals surface area contributed by atoms with Crippen LogP contribution in [0.3, 0.4) is 0 Å². The normalized spacial score (nSPS) is 16.2.